The number of aliphatic hydroxyl groups excluding tert-OH is 1. The van der Waals surface area contributed by atoms with Crippen LogP contribution in [0.1, 0.15) is 106 Å². The molecule has 0 radical (unpaired) electrons. The molecule has 0 saturated heterocycles. The third-order valence-corrected chi connectivity index (χ3v) is 10.8. The fourth-order valence-corrected chi connectivity index (χ4v) is 8.83. The van der Waals surface area contributed by atoms with E-state index in [0.29, 0.717) is 22.7 Å². The Hall–Kier alpha value is -0.560. The van der Waals surface area contributed by atoms with Gasteiger partial charge in [0.2, 0.25) is 0 Å². The molecule has 4 rings (SSSR count). The van der Waals surface area contributed by atoms with Crippen LogP contribution in [0.25, 0.3) is 0 Å². The molecule has 170 valence electrons. The number of allylic oxidation sites excluding steroid dienone is 4. The van der Waals surface area contributed by atoms with Gasteiger partial charge in [-0.25, -0.2) is 0 Å². The molecule has 0 aliphatic heterocycles. The van der Waals surface area contributed by atoms with E-state index in [0.717, 1.165) is 36.5 Å². The van der Waals surface area contributed by atoms with Crippen LogP contribution in [0, 0.1) is 46.3 Å². The minimum Gasteiger partial charge on any atom is -0.393 e. The van der Waals surface area contributed by atoms with Crippen LogP contribution >= 0.6 is 0 Å². The van der Waals surface area contributed by atoms with E-state index >= 15 is 0 Å². The Morgan fingerprint density at radius 1 is 1.07 bits per heavy atom. The quantitative estimate of drug-likeness (QED) is 0.454. The molecule has 0 amide bonds. The van der Waals surface area contributed by atoms with Crippen LogP contribution in [0.3, 0.4) is 0 Å². The van der Waals surface area contributed by atoms with Gasteiger partial charge in [-0.3, -0.25) is 0 Å². The van der Waals surface area contributed by atoms with Crippen molar-refractivity contribution in [2.45, 2.75) is 112 Å². The summed E-state index contributed by atoms with van der Waals surface area (Å²) in [5.41, 5.74) is 4.49. The highest BCUT2D eigenvalue weighted by Gasteiger charge is 2.58. The van der Waals surface area contributed by atoms with Gasteiger partial charge in [0.25, 0.3) is 0 Å². The summed E-state index contributed by atoms with van der Waals surface area (Å²) in [5.74, 6) is 4.77. The lowest BCUT2D eigenvalue weighted by atomic mass is 9.47. The molecule has 3 fully saturated rings. The molecule has 4 unspecified atom stereocenters. The van der Waals surface area contributed by atoms with Gasteiger partial charge in [0.15, 0.2) is 0 Å². The summed E-state index contributed by atoms with van der Waals surface area (Å²) in [6, 6.07) is 0. The molecule has 0 aromatic rings. The maximum Gasteiger partial charge on any atom is 0.0543 e. The van der Waals surface area contributed by atoms with Crippen molar-refractivity contribution in [3.8, 4) is 0 Å². The van der Waals surface area contributed by atoms with Crippen LogP contribution < -0.4 is 0 Å². The summed E-state index contributed by atoms with van der Waals surface area (Å²) >= 11 is 0. The van der Waals surface area contributed by atoms with Gasteiger partial charge in [0, 0.05) is 0 Å². The van der Waals surface area contributed by atoms with E-state index in [1.807, 2.05) is 5.57 Å². The van der Waals surface area contributed by atoms with E-state index in [2.05, 4.69) is 53.7 Å². The largest absolute Gasteiger partial charge is 0.393 e. The maximum absolute atomic E-state index is 10.3. The van der Waals surface area contributed by atoms with Crippen molar-refractivity contribution >= 4 is 0 Å². The summed E-state index contributed by atoms with van der Waals surface area (Å²) in [6.07, 6.45) is 17.9. The SMILES string of the molecule is C/C=C(/CCC(C)C1CCC2C3=CC[C@H]4C[C@@H](O)CC[C@]4(C)C3CC[C@@]21C)C(C)C. The summed E-state index contributed by atoms with van der Waals surface area (Å²) in [6.45, 7) is 14.7. The third-order valence-electron chi connectivity index (χ3n) is 10.8. The Labute approximate surface area is 186 Å². The van der Waals surface area contributed by atoms with E-state index in [-0.39, 0.29) is 6.10 Å². The van der Waals surface area contributed by atoms with Crippen molar-refractivity contribution in [3.05, 3.63) is 23.3 Å². The van der Waals surface area contributed by atoms with Gasteiger partial charge >= 0.3 is 0 Å². The van der Waals surface area contributed by atoms with Gasteiger partial charge in [0.05, 0.1) is 6.10 Å². The van der Waals surface area contributed by atoms with Crippen LogP contribution in [0.15, 0.2) is 23.3 Å². The lowest BCUT2D eigenvalue weighted by Crippen LogP contribution is -2.49. The second-order valence-corrected chi connectivity index (χ2v) is 12.4. The number of rotatable bonds is 5. The molecule has 3 saturated carbocycles. The first-order valence-electron chi connectivity index (χ1n) is 13.2. The Bertz CT molecular complexity index is 686. The Balaban J connectivity index is 1.50. The lowest BCUT2D eigenvalue weighted by Gasteiger charge is -2.57. The fourth-order valence-electron chi connectivity index (χ4n) is 8.83. The lowest BCUT2D eigenvalue weighted by molar-refractivity contribution is -0.0427. The van der Waals surface area contributed by atoms with Gasteiger partial charge in [-0.1, -0.05) is 57.9 Å². The number of hydrogen-bond acceptors (Lipinski definition) is 1. The molecule has 4 aliphatic carbocycles. The standard InChI is InChI=1S/C29H48O/c1-7-21(19(2)3)9-8-20(4)25-12-13-26-24-11-10-22-18-23(30)14-16-28(22,5)27(24)15-17-29(25,26)6/h7,11,19-20,22-23,25-27,30H,8-10,12-18H2,1-6H3/b21-7-/t20?,22-,23-,25?,26?,27?,28-,29+/m0/s1. The topological polar surface area (TPSA) is 20.2 Å². The smallest absolute Gasteiger partial charge is 0.0543 e. The zero-order chi connectivity index (χ0) is 21.7. The van der Waals surface area contributed by atoms with Gasteiger partial charge in [-0.05, 0) is 117 Å². The van der Waals surface area contributed by atoms with E-state index in [1.165, 1.54) is 51.4 Å². The number of fused-ring (bicyclic) bond motifs is 5. The van der Waals surface area contributed by atoms with E-state index in [9.17, 15) is 5.11 Å². The highest BCUT2D eigenvalue weighted by atomic mass is 16.3. The zero-order valence-corrected chi connectivity index (χ0v) is 20.7. The van der Waals surface area contributed by atoms with Crippen molar-refractivity contribution in [3.63, 3.8) is 0 Å². The van der Waals surface area contributed by atoms with Crippen LogP contribution in [0.4, 0.5) is 0 Å². The van der Waals surface area contributed by atoms with Crippen LogP contribution in [-0.2, 0) is 0 Å². The summed E-state index contributed by atoms with van der Waals surface area (Å²) in [4.78, 5) is 0. The normalized spacial score (nSPS) is 44.9. The second kappa shape index (κ2) is 8.42. The molecule has 1 N–H and O–H groups in total. The molecule has 0 bridgehead atoms. The third kappa shape index (κ3) is 3.66. The van der Waals surface area contributed by atoms with Crippen molar-refractivity contribution in [1.29, 1.82) is 0 Å². The van der Waals surface area contributed by atoms with Gasteiger partial charge in [-0.15, -0.1) is 0 Å². The first-order valence-corrected chi connectivity index (χ1v) is 13.2. The monoisotopic (exact) mass is 412 g/mol. The molecule has 8 atom stereocenters. The fraction of sp³-hybridized carbons (Fsp3) is 0.862. The molecule has 4 aliphatic rings. The highest BCUT2D eigenvalue weighted by Crippen LogP contribution is 2.67. The Kier molecular flexibility index (Phi) is 6.35. The Morgan fingerprint density at radius 3 is 2.47 bits per heavy atom. The maximum atomic E-state index is 10.3. The first kappa shape index (κ1) is 22.6. The van der Waals surface area contributed by atoms with Crippen LogP contribution in [-0.4, -0.2) is 11.2 Å². The van der Waals surface area contributed by atoms with Gasteiger partial charge in [0.1, 0.15) is 0 Å². The van der Waals surface area contributed by atoms with Crippen molar-refractivity contribution in [2.75, 3.05) is 0 Å². The average Bonchev–Trinajstić information content (AvgIpc) is 3.06. The minimum atomic E-state index is -0.0449. The van der Waals surface area contributed by atoms with Crippen LogP contribution in [0.5, 0.6) is 0 Å². The van der Waals surface area contributed by atoms with Crippen molar-refractivity contribution < 1.29 is 5.11 Å². The molecule has 1 nitrogen and oxygen atoms in total. The number of hydrogen-bond donors (Lipinski definition) is 1. The first-order chi connectivity index (χ1) is 14.2. The predicted octanol–water partition coefficient (Wildman–Crippen LogP) is 7.94. The van der Waals surface area contributed by atoms with E-state index < -0.39 is 0 Å². The molecular weight excluding hydrogens is 364 g/mol. The van der Waals surface area contributed by atoms with Gasteiger partial charge in [-0.2, -0.15) is 0 Å². The second-order valence-electron chi connectivity index (χ2n) is 12.4. The molecule has 0 aromatic carbocycles. The average molecular weight is 413 g/mol. The van der Waals surface area contributed by atoms with Gasteiger partial charge < -0.3 is 5.11 Å². The summed E-state index contributed by atoms with van der Waals surface area (Å²) < 4.78 is 0. The van der Waals surface area contributed by atoms with Crippen molar-refractivity contribution in [2.24, 2.45) is 46.3 Å². The predicted molar refractivity (Wildman–Crippen MR) is 128 cm³/mol. The van der Waals surface area contributed by atoms with E-state index in [1.54, 1.807) is 5.57 Å². The molecule has 30 heavy (non-hydrogen) atoms. The molecule has 0 aromatic heterocycles. The number of aliphatic hydroxyl groups is 1. The molecular formula is C29H48O. The minimum absolute atomic E-state index is 0.0449. The zero-order valence-electron chi connectivity index (χ0n) is 20.7. The molecule has 0 spiro atoms. The van der Waals surface area contributed by atoms with Crippen molar-refractivity contribution in [1.82, 2.24) is 0 Å². The summed E-state index contributed by atoms with van der Waals surface area (Å²) in [5, 5.41) is 10.3. The Morgan fingerprint density at radius 2 is 1.77 bits per heavy atom. The summed E-state index contributed by atoms with van der Waals surface area (Å²) in [7, 11) is 0. The molecule has 0 heterocycles. The van der Waals surface area contributed by atoms with Crippen LogP contribution in [0.2, 0.25) is 0 Å². The highest BCUT2D eigenvalue weighted by molar-refractivity contribution is 5.27. The molecule has 1 heteroatoms. The van der Waals surface area contributed by atoms with E-state index in [4.69, 9.17) is 0 Å².